The van der Waals surface area contributed by atoms with E-state index in [0.717, 1.165) is 11.8 Å². The van der Waals surface area contributed by atoms with E-state index in [4.69, 9.17) is 23.2 Å². The molecule has 3 rings (SSSR count). The summed E-state index contributed by atoms with van der Waals surface area (Å²) in [5, 5.41) is 14.0. The topological polar surface area (TPSA) is 95.8 Å². The molecular weight excluding hydrogens is 431 g/mol. The molecule has 8 nitrogen and oxygen atoms in total. The lowest BCUT2D eigenvalue weighted by Crippen LogP contribution is -2.48. The summed E-state index contributed by atoms with van der Waals surface area (Å²) in [6.45, 7) is 4.48. The lowest BCUT2D eigenvalue weighted by Gasteiger charge is -2.36. The zero-order chi connectivity index (χ0) is 21.8. The molecule has 1 heterocycles. The summed E-state index contributed by atoms with van der Waals surface area (Å²) in [5.41, 5.74) is 1.23. The number of piperazine rings is 1. The number of carbonyl (C=O) groups excluding carboxylic acids is 2. The van der Waals surface area contributed by atoms with Crippen LogP contribution in [0.2, 0.25) is 10.0 Å². The average molecular weight is 451 g/mol. The Bertz CT molecular complexity index is 991. The van der Waals surface area contributed by atoms with Crippen molar-refractivity contribution in [1.82, 2.24) is 4.90 Å². The fourth-order valence-electron chi connectivity index (χ4n) is 3.26. The molecule has 2 aromatic rings. The van der Waals surface area contributed by atoms with Gasteiger partial charge in [-0.2, -0.15) is 0 Å². The summed E-state index contributed by atoms with van der Waals surface area (Å²) in [5.74, 6) is -0.353. The minimum Gasteiger partial charge on any atom is -0.367 e. The number of non-ortho nitro benzene ring substituents is 1. The number of hydrogen-bond donors (Lipinski definition) is 1. The number of nitro benzene ring substituents is 1. The van der Waals surface area contributed by atoms with Crippen molar-refractivity contribution in [1.29, 1.82) is 0 Å². The van der Waals surface area contributed by atoms with Crippen LogP contribution in [0, 0.1) is 10.1 Å². The zero-order valence-electron chi connectivity index (χ0n) is 16.2. The van der Waals surface area contributed by atoms with Gasteiger partial charge < -0.3 is 15.1 Å². The van der Waals surface area contributed by atoms with Crippen molar-refractivity contribution < 1.29 is 14.5 Å². The Morgan fingerprint density at radius 3 is 2.33 bits per heavy atom. The number of carbonyl (C=O) groups is 2. The maximum Gasteiger partial charge on any atom is 0.270 e. The largest absolute Gasteiger partial charge is 0.367 e. The van der Waals surface area contributed by atoms with Gasteiger partial charge in [-0.3, -0.25) is 19.7 Å². The van der Waals surface area contributed by atoms with Gasteiger partial charge in [-0.25, -0.2) is 0 Å². The molecule has 1 aliphatic rings. The van der Waals surface area contributed by atoms with E-state index in [-0.39, 0.29) is 22.2 Å². The second-order valence-corrected chi connectivity index (χ2v) is 7.58. The van der Waals surface area contributed by atoms with Gasteiger partial charge in [-0.05, 0) is 24.3 Å². The molecule has 0 spiro atoms. The lowest BCUT2D eigenvalue weighted by atomic mass is 10.1. The summed E-state index contributed by atoms with van der Waals surface area (Å²) in [4.78, 5) is 38.5. The Balaban J connectivity index is 1.68. The molecule has 1 saturated heterocycles. The monoisotopic (exact) mass is 450 g/mol. The molecular formula is C20H20Cl2N4O4. The maximum absolute atomic E-state index is 12.5. The SMILES string of the molecule is CCC(=O)N1CCN(c2ccc(NC(=O)c3ccc([N+](=O)[O-])cc3Cl)cc2Cl)CC1. The summed E-state index contributed by atoms with van der Waals surface area (Å²) in [6, 6.07) is 8.84. The van der Waals surface area contributed by atoms with Gasteiger partial charge in [0.15, 0.2) is 0 Å². The predicted molar refractivity (Wildman–Crippen MR) is 117 cm³/mol. The first-order chi connectivity index (χ1) is 14.3. The number of halogens is 2. The number of hydrogen-bond acceptors (Lipinski definition) is 5. The van der Waals surface area contributed by atoms with Crippen molar-refractivity contribution in [3.63, 3.8) is 0 Å². The van der Waals surface area contributed by atoms with Crippen LogP contribution in [-0.4, -0.2) is 47.8 Å². The first-order valence-electron chi connectivity index (χ1n) is 9.37. The van der Waals surface area contributed by atoms with E-state index in [9.17, 15) is 19.7 Å². The molecule has 1 fully saturated rings. The van der Waals surface area contributed by atoms with Crippen LogP contribution in [0.3, 0.4) is 0 Å². The van der Waals surface area contributed by atoms with Crippen molar-refractivity contribution in [2.45, 2.75) is 13.3 Å². The van der Waals surface area contributed by atoms with Crippen LogP contribution in [0.5, 0.6) is 0 Å². The normalized spacial score (nSPS) is 13.8. The van der Waals surface area contributed by atoms with Crippen LogP contribution < -0.4 is 10.2 Å². The van der Waals surface area contributed by atoms with E-state index in [2.05, 4.69) is 10.2 Å². The third-order valence-corrected chi connectivity index (χ3v) is 5.50. The zero-order valence-corrected chi connectivity index (χ0v) is 17.7. The van der Waals surface area contributed by atoms with E-state index in [1.54, 1.807) is 12.1 Å². The van der Waals surface area contributed by atoms with E-state index in [1.807, 2.05) is 17.9 Å². The molecule has 10 heteroatoms. The summed E-state index contributed by atoms with van der Waals surface area (Å²) in [7, 11) is 0. The highest BCUT2D eigenvalue weighted by molar-refractivity contribution is 6.35. The van der Waals surface area contributed by atoms with E-state index >= 15 is 0 Å². The van der Waals surface area contributed by atoms with E-state index in [1.165, 1.54) is 12.1 Å². The van der Waals surface area contributed by atoms with E-state index < -0.39 is 10.8 Å². The first-order valence-corrected chi connectivity index (χ1v) is 10.1. The molecule has 0 aliphatic carbocycles. The predicted octanol–water partition coefficient (Wildman–Crippen LogP) is 4.21. The Kier molecular flexibility index (Phi) is 6.79. The highest BCUT2D eigenvalue weighted by Crippen LogP contribution is 2.30. The molecule has 0 bridgehead atoms. The smallest absolute Gasteiger partial charge is 0.270 e. The van der Waals surface area contributed by atoms with Crippen LogP contribution >= 0.6 is 23.2 Å². The molecule has 158 valence electrons. The molecule has 0 atom stereocenters. The van der Waals surface area contributed by atoms with Gasteiger partial charge >= 0.3 is 0 Å². The number of nitrogens with one attached hydrogen (secondary N) is 1. The van der Waals surface area contributed by atoms with Crippen LogP contribution in [0.4, 0.5) is 17.1 Å². The molecule has 1 aliphatic heterocycles. The summed E-state index contributed by atoms with van der Waals surface area (Å²) in [6.07, 6.45) is 0.494. The van der Waals surface area contributed by atoms with Crippen molar-refractivity contribution in [3.05, 3.63) is 62.1 Å². The number of benzene rings is 2. The van der Waals surface area contributed by atoms with Crippen molar-refractivity contribution >= 4 is 52.1 Å². The molecule has 2 aromatic carbocycles. The third-order valence-electron chi connectivity index (χ3n) is 4.89. The lowest BCUT2D eigenvalue weighted by molar-refractivity contribution is -0.384. The number of nitro groups is 1. The molecule has 0 radical (unpaired) electrons. The average Bonchev–Trinajstić information content (AvgIpc) is 2.73. The fourth-order valence-corrected chi connectivity index (χ4v) is 3.82. The van der Waals surface area contributed by atoms with Crippen molar-refractivity contribution in [2.24, 2.45) is 0 Å². The Morgan fingerprint density at radius 1 is 1.07 bits per heavy atom. The molecule has 2 amide bonds. The maximum atomic E-state index is 12.5. The fraction of sp³-hybridized carbons (Fsp3) is 0.300. The molecule has 30 heavy (non-hydrogen) atoms. The van der Waals surface area contributed by atoms with Crippen LogP contribution in [0.25, 0.3) is 0 Å². The second-order valence-electron chi connectivity index (χ2n) is 6.76. The molecule has 1 N–H and O–H groups in total. The molecule has 0 saturated carbocycles. The number of rotatable bonds is 5. The number of anilines is 2. The Labute approximate surface area is 183 Å². The van der Waals surface area contributed by atoms with Crippen LogP contribution in [-0.2, 0) is 4.79 Å². The minimum atomic E-state index is -0.579. The van der Waals surface area contributed by atoms with Crippen LogP contribution in [0.15, 0.2) is 36.4 Å². The Morgan fingerprint density at radius 2 is 1.77 bits per heavy atom. The van der Waals surface area contributed by atoms with Gasteiger partial charge in [-0.15, -0.1) is 0 Å². The van der Waals surface area contributed by atoms with Gasteiger partial charge in [0, 0.05) is 50.4 Å². The van der Waals surface area contributed by atoms with Gasteiger partial charge in [-0.1, -0.05) is 30.1 Å². The summed E-state index contributed by atoms with van der Waals surface area (Å²) >= 11 is 12.4. The number of amides is 2. The second kappa shape index (κ2) is 9.32. The van der Waals surface area contributed by atoms with E-state index in [0.29, 0.717) is 43.3 Å². The number of nitrogens with zero attached hydrogens (tertiary/aromatic N) is 3. The highest BCUT2D eigenvalue weighted by Gasteiger charge is 2.22. The molecule has 0 unspecified atom stereocenters. The highest BCUT2D eigenvalue weighted by atomic mass is 35.5. The minimum absolute atomic E-state index is 0.0103. The third kappa shape index (κ3) is 4.83. The summed E-state index contributed by atoms with van der Waals surface area (Å²) < 4.78 is 0. The van der Waals surface area contributed by atoms with Gasteiger partial charge in [0.05, 0.1) is 26.2 Å². The van der Waals surface area contributed by atoms with Gasteiger partial charge in [0.25, 0.3) is 11.6 Å². The first kappa shape index (κ1) is 21.9. The van der Waals surface area contributed by atoms with Gasteiger partial charge in [0.2, 0.25) is 5.91 Å². The van der Waals surface area contributed by atoms with Gasteiger partial charge in [0.1, 0.15) is 0 Å². The Hall–Kier alpha value is -2.84. The van der Waals surface area contributed by atoms with Crippen molar-refractivity contribution in [2.75, 3.05) is 36.4 Å². The van der Waals surface area contributed by atoms with Crippen LogP contribution in [0.1, 0.15) is 23.7 Å². The molecule has 0 aromatic heterocycles. The standard InChI is InChI=1S/C20H20Cl2N4O4/c1-2-19(27)25-9-7-24(8-10-25)18-6-3-13(11-17(18)22)23-20(28)15-5-4-14(26(29)30)12-16(15)21/h3-6,11-12H,2,7-10H2,1H3,(H,23,28). The van der Waals surface area contributed by atoms with Crippen molar-refractivity contribution in [3.8, 4) is 0 Å². The quantitative estimate of drug-likeness (QED) is 0.543.